The van der Waals surface area contributed by atoms with Crippen molar-refractivity contribution in [3.8, 4) is 11.1 Å². The molecule has 6 heteroatoms. The number of piperidine rings is 1. The van der Waals surface area contributed by atoms with Crippen molar-refractivity contribution >= 4 is 5.91 Å². The molecule has 1 saturated heterocycles. The highest BCUT2D eigenvalue weighted by Crippen LogP contribution is 2.23. The average molecular weight is 374 g/mol. The minimum Gasteiger partial charge on any atom is -0.375 e. The van der Waals surface area contributed by atoms with Crippen LogP contribution in [0, 0.1) is 11.6 Å². The Morgan fingerprint density at radius 1 is 1.11 bits per heavy atom. The van der Waals surface area contributed by atoms with Crippen LogP contribution in [-0.2, 0) is 16.1 Å². The van der Waals surface area contributed by atoms with Crippen LogP contribution in [0.25, 0.3) is 11.1 Å². The number of benzene rings is 2. The van der Waals surface area contributed by atoms with Crippen LogP contribution in [0.5, 0.6) is 0 Å². The Morgan fingerprint density at radius 3 is 2.56 bits per heavy atom. The summed E-state index contributed by atoms with van der Waals surface area (Å²) in [6, 6.07) is 12.0. The molecule has 0 saturated carbocycles. The summed E-state index contributed by atoms with van der Waals surface area (Å²) in [5.74, 6) is -1.75. The molecule has 1 amide bonds. The minimum atomic E-state index is -0.838. The highest BCUT2D eigenvalue weighted by molar-refractivity contribution is 5.77. The summed E-state index contributed by atoms with van der Waals surface area (Å²) in [7, 11) is 1.51. The highest BCUT2D eigenvalue weighted by Gasteiger charge is 2.20. The van der Waals surface area contributed by atoms with Gasteiger partial charge in [0.25, 0.3) is 0 Å². The normalized spacial score (nSPS) is 15.7. The second-order valence-electron chi connectivity index (χ2n) is 6.88. The van der Waals surface area contributed by atoms with E-state index < -0.39 is 11.6 Å². The summed E-state index contributed by atoms with van der Waals surface area (Å²) < 4.78 is 31.5. The Labute approximate surface area is 158 Å². The van der Waals surface area contributed by atoms with Gasteiger partial charge in [0, 0.05) is 32.8 Å². The Hall–Kier alpha value is -2.31. The molecule has 4 nitrogen and oxygen atoms in total. The topological polar surface area (TPSA) is 41.6 Å². The van der Waals surface area contributed by atoms with Crippen molar-refractivity contribution in [3.05, 3.63) is 59.7 Å². The molecule has 0 bridgehead atoms. The number of halogens is 2. The largest absolute Gasteiger partial charge is 0.375 e. The van der Waals surface area contributed by atoms with E-state index in [1.165, 1.54) is 13.2 Å². The number of hydrogen-bond acceptors (Lipinski definition) is 3. The van der Waals surface area contributed by atoms with E-state index >= 15 is 0 Å². The number of nitrogens with one attached hydrogen (secondary N) is 1. The summed E-state index contributed by atoms with van der Waals surface area (Å²) in [6.45, 7) is 2.67. The van der Waals surface area contributed by atoms with Gasteiger partial charge in [0.05, 0.1) is 0 Å². The fourth-order valence-corrected chi connectivity index (χ4v) is 3.42. The predicted molar refractivity (Wildman–Crippen MR) is 100 cm³/mol. The van der Waals surface area contributed by atoms with Gasteiger partial charge in [0.2, 0.25) is 5.91 Å². The first-order valence-corrected chi connectivity index (χ1v) is 9.10. The quantitative estimate of drug-likeness (QED) is 0.843. The van der Waals surface area contributed by atoms with Crippen molar-refractivity contribution < 1.29 is 18.3 Å². The van der Waals surface area contributed by atoms with Crippen molar-refractivity contribution in [1.29, 1.82) is 0 Å². The van der Waals surface area contributed by atoms with Crippen LogP contribution < -0.4 is 5.32 Å². The van der Waals surface area contributed by atoms with Gasteiger partial charge in [-0.1, -0.05) is 24.3 Å². The Bertz CT molecular complexity index is 790. The fraction of sp³-hybridized carbons (Fsp3) is 0.381. The molecule has 0 spiro atoms. The Morgan fingerprint density at radius 2 is 1.85 bits per heavy atom. The van der Waals surface area contributed by atoms with Gasteiger partial charge in [-0.3, -0.25) is 9.69 Å². The maximum atomic E-state index is 13.5. The molecule has 0 aliphatic carbocycles. The Balaban J connectivity index is 1.57. The van der Waals surface area contributed by atoms with Crippen molar-refractivity contribution in [2.45, 2.75) is 25.4 Å². The minimum absolute atomic E-state index is 0.0739. The molecule has 0 unspecified atom stereocenters. The molecule has 0 radical (unpaired) electrons. The van der Waals surface area contributed by atoms with Gasteiger partial charge >= 0.3 is 0 Å². The first-order valence-electron chi connectivity index (χ1n) is 9.10. The molecule has 3 rings (SSSR count). The third-order valence-corrected chi connectivity index (χ3v) is 4.81. The van der Waals surface area contributed by atoms with E-state index in [-0.39, 0.29) is 18.6 Å². The summed E-state index contributed by atoms with van der Waals surface area (Å²) in [4.78, 5) is 13.9. The zero-order valence-electron chi connectivity index (χ0n) is 15.4. The van der Waals surface area contributed by atoms with E-state index in [0.717, 1.165) is 49.7 Å². The number of hydrogen-bond donors (Lipinski definition) is 1. The number of carbonyl (C=O) groups is 1. The second-order valence-corrected chi connectivity index (χ2v) is 6.88. The van der Waals surface area contributed by atoms with Gasteiger partial charge in [-0.15, -0.1) is 0 Å². The number of carbonyl (C=O) groups excluding carboxylic acids is 1. The van der Waals surface area contributed by atoms with E-state index in [0.29, 0.717) is 5.56 Å². The molecule has 2 aromatic carbocycles. The monoisotopic (exact) mass is 374 g/mol. The lowest BCUT2D eigenvalue weighted by molar-refractivity contribution is -0.125. The third kappa shape index (κ3) is 5.34. The van der Waals surface area contributed by atoms with Gasteiger partial charge in [-0.2, -0.15) is 0 Å². The fourth-order valence-electron chi connectivity index (χ4n) is 3.42. The zero-order valence-corrected chi connectivity index (χ0v) is 15.4. The van der Waals surface area contributed by atoms with Crippen LogP contribution in [-0.4, -0.2) is 43.7 Å². The SMILES string of the molecule is COCC(=O)NC1CCN(Cc2cccc(-c3ccc(F)c(F)c3)c2)CC1. The summed E-state index contributed by atoms with van der Waals surface area (Å²) >= 11 is 0. The van der Waals surface area contributed by atoms with Crippen LogP contribution in [0.2, 0.25) is 0 Å². The average Bonchev–Trinajstić information content (AvgIpc) is 2.66. The molecular weight excluding hydrogens is 350 g/mol. The molecule has 1 aliphatic rings. The van der Waals surface area contributed by atoms with Crippen LogP contribution in [0.3, 0.4) is 0 Å². The smallest absolute Gasteiger partial charge is 0.246 e. The maximum Gasteiger partial charge on any atom is 0.246 e. The van der Waals surface area contributed by atoms with E-state index in [1.54, 1.807) is 6.07 Å². The number of methoxy groups -OCH3 is 1. The van der Waals surface area contributed by atoms with Gasteiger partial charge in [0.1, 0.15) is 6.61 Å². The molecule has 2 aromatic rings. The summed E-state index contributed by atoms with van der Waals surface area (Å²) in [5, 5.41) is 2.99. The molecule has 1 heterocycles. The van der Waals surface area contributed by atoms with E-state index in [1.807, 2.05) is 24.3 Å². The summed E-state index contributed by atoms with van der Waals surface area (Å²) in [5.41, 5.74) is 2.66. The zero-order chi connectivity index (χ0) is 19.2. The lowest BCUT2D eigenvalue weighted by atomic mass is 10.0. The molecule has 0 aromatic heterocycles. The predicted octanol–water partition coefficient (Wildman–Crippen LogP) is 3.36. The molecule has 1 fully saturated rings. The van der Waals surface area contributed by atoms with E-state index in [4.69, 9.17) is 4.74 Å². The molecule has 144 valence electrons. The third-order valence-electron chi connectivity index (χ3n) is 4.81. The van der Waals surface area contributed by atoms with Crippen molar-refractivity contribution in [1.82, 2.24) is 10.2 Å². The molecule has 0 atom stereocenters. The number of rotatable bonds is 6. The van der Waals surface area contributed by atoms with Crippen molar-refractivity contribution in [3.63, 3.8) is 0 Å². The molecule has 1 N–H and O–H groups in total. The molecule has 1 aliphatic heterocycles. The Kier molecular flexibility index (Phi) is 6.53. The van der Waals surface area contributed by atoms with Crippen LogP contribution in [0.4, 0.5) is 8.78 Å². The van der Waals surface area contributed by atoms with Gasteiger partial charge in [-0.05, 0) is 47.7 Å². The van der Waals surface area contributed by atoms with Gasteiger partial charge in [-0.25, -0.2) is 8.78 Å². The van der Waals surface area contributed by atoms with Crippen LogP contribution in [0.15, 0.2) is 42.5 Å². The van der Waals surface area contributed by atoms with Gasteiger partial charge in [0.15, 0.2) is 11.6 Å². The lowest BCUT2D eigenvalue weighted by Crippen LogP contribution is -2.45. The van der Waals surface area contributed by atoms with Crippen molar-refractivity contribution in [2.24, 2.45) is 0 Å². The maximum absolute atomic E-state index is 13.5. The summed E-state index contributed by atoms with van der Waals surface area (Å²) in [6.07, 6.45) is 1.80. The number of nitrogens with zero attached hydrogens (tertiary/aromatic N) is 1. The number of ether oxygens (including phenoxy) is 1. The standard InChI is InChI=1S/C21H24F2N2O2/c1-27-14-21(26)24-18-7-9-25(10-8-18)13-15-3-2-4-16(11-15)17-5-6-19(22)20(23)12-17/h2-6,11-12,18H,7-10,13-14H2,1H3,(H,24,26). The molecule has 27 heavy (non-hydrogen) atoms. The first-order chi connectivity index (χ1) is 13.0. The van der Waals surface area contributed by atoms with Crippen LogP contribution >= 0.6 is 0 Å². The second kappa shape index (κ2) is 9.06. The van der Waals surface area contributed by atoms with Gasteiger partial charge < -0.3 is 10.1 Å². The first kappa shape index (κ1) is 19.5. The van der Waals surface area contributed by atoms with Crippen molar-refractivity contribution in [2.75, 3.05) is 26.8 Å². The van der Waals surface area contributed by atoms with Crippen LogP contribution in [0.1, 0.15) is 18.4 Å². The lowest BCUT2D eigenvalue weighted by Gasteiger charge is -2.32. The number of amides is 1. The molecular formula is C21H24F2N2O2. The number of likely N-dealkylation sites (tertiary alicyclic amines) is 1. The highest BCUT2D eigenvalue weighted by atomic mass is 19.2. The van der Waals surface area contributed by atoms with E-state index in [2.05, 4.69) is 10.2 Å². The van der Waals surface area contributed by atoms with E-state index in [9.17, 15) is 13.6 Å².